The van der Waals surface area contributed by atoms with Gasteiger partial charge in [-0.15, -0.1) is 0 Å². The van der Waals surface area contributed by atoms with E-state index >= 15 is 0 Å². The number of carbonyl (C=O) groups is 2. The van der Waals surface area contributed by atoms with Gasteiger partial charge in [0.05, 0.1) is 46.0 Å². The van der Waals surface area contributed by atoms with E-state index < -0.39 is 27.4 Å². The zero-order valence-electron chi connectivity index (χ0n) is 31.8. The average Bonchev–Trinajstić information content (AvgIpc) is 3.81. The van der Waals surface area contributed by atoms with Crippen LogP contribution in [0.3, 0.4) is 0 Å². The molecule has 8 rings (SSSR count). The van der Waals surface area contributed by atoms with Crippen molar-refractivity contribution in [1.82, 2.24) is 29.5 Å². The van der Waals surface area contributed by atoms with Crippen LogP contribution in [0.25, 0.3) is 44.3 Å². The van der Waals surface area contributed by atoms with Gasteiger partial charge in [-0.1, -0.05) is 30.3 Å². The minimum atomic E-state index is -5.08. The van der Waals surface area contributed by atoms with Crippen LogP contribution in [0.1, 0.15) is 43.2 Å². The van der Waals surface area contributed by atoms with Crippen molar-refractivity contribution in [3.05, 3.63) is 66.0 Å². The number of likely N-dealkylation sites (N-methyl/N-ethyl adjacent to an activating group) is 1. The monoisotopic (exact) mass is 804 g/mol. The Morgan fingerprint density at radius 2 is 1.67 bits per heavy atom. The highest BCUT2D eigenvalue weighted by Crippen LogP contribution is 2.53. The number of aromatic nitrogens is 4. The van der Waals surface area contributed by atoms with Gasteiger partial charge in [-0.25, -0.2) is 18.2 Å². The molecule has 0 unspecified atom stereocenters. The number of rotatable bonds is 7. The predicted molar refractivity (Wildman–Crippen MR) is 209 cm³/mol. The molecule has 0 aliphatic carbocycles. The molecule has 0 radical (unpaired) electrons. The Balaban J connectivity index is 0.000000651. The van der Waals surface area contributed by atoms with Crippen molar-refractivity contribution >= 4 is 49.3 Å². The molecule has 3 aliphatic heterocycles. The van der Waals surface area contributed by atoms with Crippen LogP contribution in [0, 0.1) is 11.3 Å². The van der Waals surface area contributed by atoms with Gasteiger partial charge < -0.3 is 19.9 Å². The molecule has 0 bridgehead atoms. The molecule has 2 fully saturated rings. The van der Waals surface area contributed by atoms with E-state index in [0.29, 0.717) is 32.1 Å². The second-order valence-electron chi connectivity index (χ2n) is 15.2. The Hall–Kier alpha value is -5.31. The fraction of sp³-hybridized carbons (Fsp3) is 0.425. The summed E-state index contributed by atoms with van der Waals surface area (Å²) >= 11 is 0. The number of nitrogens with one attached hydrogen (secondary N) is 1. The summed E-state index contributed by atoms with van der Waals surface area (Å²) in [6.45, 7) is 4.53. The van der Waals surface area contributed by atoms with Crippen LogP contribution in [0.2, 0.25) is 0 Å². The number of benzene rings is 2. The molecule has 5 aromatic rings. The molecule has 2 N–H and O–H groups in total. The van der Waals surface area contributed by atoms with Gasteiger partial charge in [-0.05, 0) is 80.7 Å². The number of piperidine rings is 2. The number of hydrogen-bond acceptors (Lipinski definition) is 9. The number of carboxylic acid groups (broad SMARTS) is 1. The number of carboxylic acids is 1. The number of aromatic amines is 1. The first-order valence-electron chi connectivity index (χ1n) is 18.7. The van der Waals surface area contributed by atoms with Crippen LogP contribution in [0.15, 0.2) is 54.9 Å². The fourth-order valence-electron chi connectivity index (χ4n) is 8.61. The zero-order chi connectivity index (χ0) is 40.9. The van der Waals surface area contributed by atoms with E-state index in [-0.39, 0.29) is 11.2 Å². The first kappa shape index (κ1) is 39.9. The van der Waals surface area contributed by atoms with Gasteiger partial charge in [-0.2, -0.15) is 23.5 Å². The molecule has 0 atom stereocenters. The summed E-state index contributed by atoms with van der Waals surface area (Å²) in [7, 11) is 0.801. The molecule has 0 saturated carbocycles. The number of alkyl halides is 3. The standard InChI is InChI=1S/C38H42N8O3S.C2HF3O2/c1-43-31-23-40-36-33(34(31)38(37(43)47)13-19-45(20-14-38)16-4-15-39)32(27-9-10-30-28(21-27)22-41-44(30)2)35(42-36)26-7-5-25(6-8-26)24-46-17-11-29(12-18-46)50(3,48)49;3-2(4,5)1(6)7/h5-10,21-23,29H,4,11-14,16-20,24H2,1-3H3,(H,40,42);(H,6,7). The van der Waals surface area contributed by atoms with E-state index in [2.05, 4.69) is 68.4 Å². The fourth-order valence-corrected chi connectivity index (χ4v) is 9.67. The molecule has 3 aliphatic rings. The number of aryl methyl sites for hydroxylation is 1. The largest absolute Gasteiger partial charge is 0.490 e. The average molecular weight is 805 g/mol. The highest BCUT2D eigenvalue weighted by Gasteiger charge is 2.53. The number of halogens is 3. The first-order chi connectivity index (χ1) is 27.0. The molecule has 1 amide bonds. The van der Waals surface area contributed by atoms with E-state index in [1.165, 1.54) is 11.8 Å². The maximum Gasteiger partial charge on any atom is 0.490 e. The summed E-state index contributed by atoms with van der Waals surface area (Å²) < 4.78 is 57.7. The number of anilines is 1. The minimum absolute atomic E-state index is 0.114. The molecule has 3 aromatic heterocycles. The maximum atomic E-state index is 14.2. The number of aliphatic carboxylic acids is 1. The SMILES string of the molecule is CN1C(=O)C2(CCN(CCC#N)CC2)c2c1cnc1[nH]c(-c3ccc(CN4CCC(S(C)(=O)=O)CC4)cc3)c(-c3ccc4c(cnn4C)c3)c21.O=C(O)C(F)(F)F. The van der Waals surface area contributed by atoms with E-state index in [9.17, 15) is 31.6 Å². The summed E-state index contributed by atoms with van der Waals surface area (Å²) in [5, 5.41) is 22.6. The van der Waals surface area contributed by atoms with E-state index in [0.717, 1.165) is 94.8 Å². The number of hydrogen-bond donors (Lipinski definition) is 2. The third-order valence-electron chi connectivity index (χ3n) is 11.7. The van der Waals surface area contributed by atoms with Crippen molar-refractivity contribution in [2.24, 2.45) is 7.05 Å². The number of amides is 1. The Morgan fingerprint density at radius 3 is 2.28 bits per heavy atom. The number of nitriles is 1. The number of pyridine rings is 1. The van der Waals surface area contributed by atoms with Crippen molar-refractivity contribution in [1.29, 1.82) is 5.26 Å². The highest BCUT2D eigenvalue weighted by atomic mass is 32.2. The number of carbonyl (C=O) groups excluding carboxylic acids is 1. The lowest BCUT2D eigenvalue weighted by Gasteiger charge is -2.38. The number of likely N-dealkylation sites (tertiary alicyclic amines) is 2. The van der Waals surface area contributed by atoms with Crippen LogP contribution in [-0.2, 0) is 38.4 Å². The highest BCUT2D eigenvalue weighted by molar-refractivity contribution is 7.91. The third kappa shape index (κ3) is 7.61. The van der Waals surface area contributed by atoms with Crippen LogP contribution < -0.4 is 4.90 Å². The second kappa shape index (κ2) is 15.2. The van der Waals surface area contributed by atoms with Gasteiger partial charge in [0.2, 0.25) is 5.91 Å². The quantitative estimate of drug-likeness (QED) is 0.210. The molecule has 1 spiro atoms. The van der Waals surface area contributed by atoms with Crippen LogP contribution >= 0.6 is 0 Å². The Morgan fingerprint density at radius 1 is 1.02 bits per heavy atom. The lowest BCUT2D eigenvalue weighted by molar-refractivity contribution is -0.192. The van der Waals surface area contributed by atoms with Crippen molar-refractivity contribution in [3.63, 3.8) is 0 Å². The molecule has 6 heterocycles. The number of H-pyrrole nitrogens is 1. The Kier molecular flexibility index (Phi) is 10.7. The third-order valence-corrected chi connectivity index (χ3v) is 13.4. The normalized spacial score (nSPS) is 17.8. The van der Waals surface area contributed by atoms with Gasteiger partial charge in [0.15, 0.2) is 0 Å². The van der Waals surface area contributed by atoms with Gasteiger partial charge in [-0.3, -0.25) is 14.4 Å². The summed E-state index contributed by atoms with van der Waals surface area (Å²) in [5.41, 5.74) is 8.24. The van der Waals surface area contributed by atoms with Crippen LogP contribution in [-0.4, -0.2) is 112 Å². The summed E-state index contributed by atoms with van der Waals surface area (Å²) in [6.07, 6.45) is 3.19. The summed E-state index contributed by atoms with van der Waals surface area (Å²) in [6, 6.07) is 17.3. The summed E-state index contributed by atoms with van der Waals surface area (Å²) in [5.74, 6) is -2.64. The molecule has 57 heavy (non-hydrogen) atoms. The molecule has 13 nitrogen and oxygen atoms in total. The van der Waals surface area contributed by atoms with E-state index in [4.69, 9.17) is 14.9 Å². The van der Waals surface area contributed by atoms with Crippen molar-refractivity contribution in [3.8, 4) is 28.5 Å². The van der Waals surface area contributed by atoms with Gasteiger partial charge in [0, 0.05) is 61.8 Å². The smallest absolute Gasteiger partial charge is 0.475 e. The summed E-state index contributed by atoms with van der Waals surface area (Å²) in [4.78, 5) is 38.2. The number of sulfone groups is 1. The van der Waals surface area contributed by atoms with Gasteiger partial charge >= 0.3 is 12.1 Å². The maximum absolute atomic E-state index is 14.2. The van der Waals surface area contributed by atoms with Crippen molar-refractivity contribution in [2.75, 3.05) is 50.9 Å². The molecule has 2 aromatic carbocycles. The number of fused-ring (bicyclic) bond motifs is 5. The van der Waals surface area contributed by atoms with E-state index in [1.54, 1.807) is 4.90 Å². The van der Waals surface area contributed by atoms with Gasteiger partial charge in [0.25, 0.3) is 0 Å². The first-order valence-corrected chi connectivity index (χ1v) is 20.6. The van der Waals surface area contributed by atoms with Crippen molar-refractivity contribution < 1.29 is 36.3 Å². The number of nitrogens with zero attached hydrogens (tertiary/aromatic N) is 7. The lowest BCUT2D eigenvalue weighted by Crippen LogP contribution is -2.48. The zero-order valence-corrected chi connectivity index (χ0v) is 32.6. The molecule has 300 valence electrons. The molecule has 2 saturated heterocycles. The van der Waals surface area contributed by atoms with Gasteiger partial charge in [0.1, 0.15) is 15.5 Å². The topological polar surface area (TPSA) is 169 Å². The molecular formula is C40H43F3N8O5S. The minimum Gasteiger partial charge on any atom is -0.475 e. The predicted octanol–water partition coefficient (Wildman–Crippen LogP) is 5.65. The molecule has 17 heteroatoms. The van der Waals surface area contributed by atoms with E-state index in [1.807, 2.05) is 31.2 Å². The Labute approximate surface area is 327 Å². The molecular weight excluding hydrogens is 762 g/mol. The second-order valence-corrected chi connectivity index (χ2v) is 17.5. The van der Waals surface area contributed by atoms with Crippen molar-refractivity contribution in [2.45, 2.75) is 55.5 Å². The Bertz CT molecular complexity index is 2490. The lowest BCUT2D eigenvalue weighted by atomic mass is 9.72. The van der Waals surface area contributed by atoms with Crippen LogP contribution in [0.4, 0.5) is 18.9 Å². The van der Waals surface area contributed by atoms with Crippen LogP contribution in [0.5, 0.6) is 0 Å².